The largest absolute Gasteiger partial charge is 0.377 e. The van der Waals surface area contributed by atoms with Crippen molar-refractivity contribution in [3.05, 3.63) is 64.8 Å². The molecule has 2 aromatic carbocycles. The predicted molar refractivity (Wildman–Crippen MR) is 88.4 cm³/mol. The molecule has 6 heteroatoms. The number of fused-ring (bicyclic) bond motifs is 1. The fraction of sp³-hybridized carbons (Fsp3) is 0.0625. The number of pyridine rings is 1. The molecule has 22 heavy (non-hydrogen) atoms. The van der Waals surface area contributed by atoms with Crippen LogP contribution >= 0.6 is 15.9 Å². The van der Waals surface area contributed by atoms with Gasteiger partial charge < -0.3 is 4.18 Å². The van der Waals surface area contributed by atoms with Crippen LogP contribution in [0.5, 0.6) is 5.75 Å². The number of hydrogen-bond acceptors (Lipinski definition) is 4. The highest BCUT2D eigenvalue weighted by Gasteiger charge is 2.16. The lowest BCUT2D eigenvalue weighted by Gasteiger charge is -2.08. The zero-order valence-corrected chi connectivity index (χ0v) is 14.1. The Morgan fingerprint density at radius 2 is 1.77 bits per heavy atom. The van der Waals surface area contributed by atoms with Crippen molar-refractivity contribution >= 4 is 37.0 Å². The van der Waals surface area contributed by atoms with E-state index in [0.717, 1.165) is 20.9 Å². The lowest BCUT2D eigenvalue weighted by molar-refractivity contribution is 0.485. The van der Waals surface area contributed by atoms with Crippen LogP contribution in [0.15, 0.2) is 64.1 Å². The van der Waals surface area contributed by atoms with Gasteiger partial charge in [0.05, 0.1) is 11.7 Å². The number of aryl methyl sites for hydroxylation is 1. The van der Waals surface area contributed by atoms with Gasteiger partial charge in [0.15, 0.2) is 5.75 Å². The standard InChI is InChI=1S/C16H12BrNO3S/c1-11-2-5-15(6-3-11)22(19,20)21-14-9-12-8-13(17)4-7-16(12)18-10-14/h2-10H,1H3. The van der Waals surface area contributed by atoms with Gasteiger partial charge in [0.25, 0.3) is 0 Å². The van der Waals surface area contributed by atoms with Crippen LogP contribution in [0, 0.1) is 6.92 Å². The van der Waals surface area contributed by atoms with E-state index in [9.17, 15) is 8.42 Å². The Bertz CT molecular complexity index is 937. The third kappa shape index (κ3) is 3.13. The summed E-state index contributed by atoms with van der Waals surface area (Å²) in [4.78, 5) is 4.32. The van der Waals surface area contributed by atoms with E-state index in [0.29, 0.717) is 0 Å². The summed E-state index contributed by atoms with van der Waals surface area (Å²) in [6, 6.07) is 13.7. The fourth-order valence-corrected chi connectivity index (χ4v) is 3.30. The van der Waals surface area contributed by atoms with E-state index < -0.39 is 10.1 Å². The fourth-order valence-electron chi connectivity index (χ4n) is 2.01. The van der Waals surface area contributed by atoms with Gasteiger partial charge in [-0.1, -0.05) is 33.6 Å². The minimum atomic E-state index is -3.86. The summed E-state index contributed by atoms with van der Waals surface area (Å²) in [6.07, 6.45) is 1.40. The van der Waals surface area contributed by atoms with E-state index in [4.69, 9.17) is 4.18 Å². The van der Waals surface area contributed by atoms with E-state index >= 15 is 0 Å². The first kappa shape index (κ1) is 15.0. The molecule has 0 atom stereocenters. The van der Waals surface area contributed by atoms with Gasteiger partial charge in [0, 0.05) is 9.86 Å². The molecule has 0 aliphatic heterocycles. The minimum absolute atomic E-state index is 0.118. The normalized spacial score (nSPS) is 11.5. The molecule has 0 saturated carbocycles. The van der Waals surface area contributed by atoms with Gasteiger partial charge in [-0.3, -0.25) is 4.98 Å². The summed E-state index contributed by atoms with van der Waals surface area (Å²) in [5, 5.41) is 0.797. The van der Waals surface area contributed by atoms with Crippen LogP contribution in [-0.2, 0) is 10.1 Å². The quantitative estimate of drug-likeness (QED) is 0.645. The Balaban J connectivity index is 1.96. The number of rotatable bonds is 3. The SMILES string of the molecule is Cc1ccc(S(=O)(=O)Oc2cnc3ccc(Br)cc3c2)cc1. The lowest BCUT2D eigenvalue weighted by Crippen LogP contribution is -2.09. The maximum Gasteiger partial charge on any atom is 0.339 e. The van der Waals surface area contributed by atoms with E-state index in [1.807, 2.05) is 25.1 Å². The van der Waals surface area contributed by atoms with Crippen LogP contribution in [-0.4, -0.2) is 13.4 Å². The monoisotopic (exact) mass is 377 g/mol. The van der Waals surface area contributed by atoms with Crippen LogP contribution in [0.2, 0.25) is 0 Å². The highest BCUT2D eigenvalue weighted by atomic mass is 79.9. The van der Waals surface area contributed by atoms with Gasteiger partial charge >= 0.3 is 10.1 Å². The molecule has 0 aliphatic carbocycles. The summed E-state index contributed by atoms with van der Waals surface area (Å²) in [5.74, 6) is 0.186. The van der Waals surface area contributed by atoms with Gasteiger partial charge in [-0.15, -0.1) is 0 Å². The first-order valence-corrected chi connectivity index (χ1v) is 8.71. The Labute approximate surface area is 137 Å². The maximum absolute atomic E-state index is 12.3. The molecule has 1 aromatic heterocycles. The third-order valence-electron chi connectivity index (χ3n) is 3.13. The van der Waals surface area contributed by atoms with Crippen LogP contribution in [0.3, 0.4) is 0 Å². The highest BCUT2D eigenvalue weighted by Crippen LogP contribution is 2.24. The molecule has 3 aromatic rings. The van der Waals surface area contributed by atoms with E-state index in [1.165, 1.54) is 18.3 Å². The Hall–Kier alpha value is -1.92. The van der Waals surface area contributed by atoms with Gasteiger partial charge in [0.2, 0.25) is 0 Å². The van der Waals surface area contributed by atoms with Crippen molar-refractivity contribution in [2.24, 2.45) is 0 Å². The number of aromatic nitrogens is 1. The third-order valence-corrected chi connectivity index (χ3v) is 4.89. The molecule has 0 unspecified atom stereocenters. The molecule has 0 amide bonds. The van der Waals surface area contributed by atoms with Crippen molar-refractivity contribution in [2.75, 3.05) is 0 Å². The van der Waals surface area contributed by atoms with Crippen LogP contribution in [0.4, 0.5) is 0 Å². The predicted octanol–water partition coefficient (Wildman–Crippen LogP) is 4.07. The molecule has 0 saturated heterocycles. The van der Waals surface area contributed by atoms with Crippen molar-refractivity contribution in [3.63, 3.8) is 0 Å². The second-order valence-electron chi connectivity index (χ2n) is 4.86. The molecule has 0 spiro atoms. The first-order valence-electron chi connectivity index (χ1n) is 6.50. The molecule has 0 fully saturated rings. The highest BCUT2D eigenvalue weighted by molar-refractivity contribution is 9.10. The Morgan fingerprint density at radius 3 is 2.50 bits per heavy atom. The second-order valence-corrected chi connectivity index (χ2v) is 7.32. The van der Waals surface area contributed by atoms with E-state index in [2.05, 4.69) is 20.9 Å². The molecule has 0 aliphatic rings. The molecule has 3 rings (SSSR count). The van der Waals surface area contributed by atoms with E-state index in [1.54, 1.807) is 18.2 Å². The summed E-state index contributed by atoms with van der Waals surface area (Å²) in [5.41, 5.74) is 1.75. The summed E-state index contributed by atoms with van der Waals surface area (Å²) >= 11 is 3.38. The summed E-state index contributed by atoms with van der Waals surface area (Å²) < 4.78 is 30.6. The molecule has 0 N–H and O–H groups in total. The average Bonchev–Trinajstić information content (AvgIpc) is 2.47. The molecule has 0 radical (unpaired) electrons. The Kier molecular flexibility index (Phi) is 3.88. The van der Waals surface area contributed by atoms with Crippen LogP contribution in [0.1, 0.15) is 5.56 Å². The summed E-state index contributed by atoms with van der Waals surface area (Å²) in [6.45, 7) is 1.89. The van der Waals surface area contributed by atoms with Crippen molar-refractivity contribution in [2.45, 2.75) is 11.8 Å². The molecule has 0 bridgehead atoms. The average molecular weight is 378 g/mol. The van der Waals surface area contributed by atoms with Gasteiger partial charge in [0.1, 0.15) is 4.90 Å². The Morgan fingerprint density at radius 1 is 1.05 bits per heavy atom. The van der Waals surface area contributed by atoms with Crippen LogP contribution < -0.4 is 4.18 Å². The lowest BCUT2D eigenvalue weighted by atomic mass is 10.2. The molecular formula is C16H12BrNO3S. The minimum Gasteiger partial charge on any atom is -0.377 e. The zero-order chi connectivity index (χ0) is 15.7. The maximum atomic E-state index is 12.3. The smallest absolute Gasteiger partial charge is 0.339 e. The number of halogens is 1. The number of benzene rings is 2. The zero-order valence-electron chi connectivity index (χ0n) is 11.7. The van der Waals surface area contributed by atoms with Crippen molar-refractivity contribution in [3.8, 4) is 5.75 Å². The van der Waals surface area contributed by atoms with Crippen molar-refractivity contribution in [1.82, 2.24) is 4.98 Å². The number of nitrogens with zero attached hydrogens (tertiary/aromatic N) is 1. The molecule has 1 heterocycles. The first-order chi connectivity index (χ1) is 10.4. The molecular weight excluding hydrogens is 366 g/mol. The van der Waals surface area contributed by atoms with Gasteiger partial charge in [-0.25, -0.2) is 0 Å². The second kappa shape index (κ2) is 5.70. The number of hydrogen-bond donors (Lipinski definition) is 0. The van der Waals surface area contributed by atoms with E-state index in [-0.39, 0.29) is 10.6 Å². The van der Waals surface area contributed by atoms with Crippen molar-refractivity contribution < 1.29 is 12.6 Å². The summed E-state index contributed by atoms with van der Waals surface area (Å²) in [7, 11) is -3.86. The molecule has 112 valence electrons. The van der Waals surface area contributed by atoms with Crippen LogP contribution in [0.25, 0.3) is 10.9 Å². The van der Waals surface area contributed by atoms with Gasteiger partial charge in [-0.2, -0.15) is 8.42 Å². The van der Waals surface area contributed by atoms with Gasteiger partial charge in [-0.05, 0) is 43.3 Å². The topological polar surface area (TPSA) is 56.3 Å². The molecule has 4 nitrogen and oxygen atoms in total. The van der Waals surface area contributed by atoms with Crippen molar-refractivity contribution in [1.29, 1.82) is 0 Å².